The van der Waals surface area contributed by atoms with Gasteiger partial charge in [-0.25, -0.2) is 4.39 Å². The number of hydrogen-bond donors (Lipinski definition) is 2. The highest BCUT2D eigenvalue weighted by molar-refractivity contribution is 5.78. The van der Waals surface area contributed by atoms with E-state index in [1.54, 1.807) is 6.07 Å². The smallest absolute Gasteiger partial charge is 0.308 e. The van der Waals surface area contributed by atoms with Gasteiger partial charge in [0.2, 0.25) is 5.91 Å². The molecule has 0 radical (unpaired) electrons. The van der Waals surface area contributed by atoms with Crippen LogP contribution in [0.15, 0.2) is 18.2 Å². The largest absolute Gasteiger partial charge is 0.494 e. The van der Waals surface area contributed by atoms with Gasteiger partial charge in [-0.1, -0.05) is 12.5 Å². The Labute approximate surface area is 128 Å². The Morgan fingerprint density at radius 3 is 2.82 bits per heavy atom. The van der Waals surface area contributed by atoms with E-state index in [0.717, 1.165) is 6.42 Å². The molecule has 2 N–H and O–H groups in total. The molecule has 1 aliphatic rings. The Hall–Kier alpha value is -2.11. The average Bonchev–Trinajstić information content (AvgIpc) is 2.93. The molecular weight excluding hydrogens is 289 g/mol. The van der Waals surface area contributed by atoms with Crippen LogP contribution >= 0.6 is 0 Å². The molecule has 0 unspecified atom stereocenters. The van der Waals surface area contributed by atoms with Gasteiger partial charge < -0.3 is 15.2 Å². The number of carbonyl (C=O) groups is 2. The Morgan fingerprint density at radius 2 is 2.18 bits per heavy atom. The third kappa shape index (κ3) is 3.96. The van der Waals surface area contributed by atoms with Crippen LogP contribution in [0.5, 0.6) is 5.75 Å². The summed E-state index contributed by atoms with van der Waals surface area (Å²) in [5.74, 6) is -1.85. The highest BCUT2D eigenvalue weighted by Crippen LogP contribution is 2.26. The summed E-state index contributed by atoms with van der Waals surface area (Å²) >= 11 is 0. The lowest BCUT2D eigenvalue weighted by Crippen LogP contribution is -2.40. The van der Waals surface area contributed by atoms with Crippen molar-refractivity contribution in [3.63, 3.8) is 0 Å². The molecule has 22 heavy (non-hydrogen) atoms. The van der Waals surface area contributed by atoms with Crippen LogP contribution in [0, 0.1) is 11.7 Å². The number of hydrogen-bond acceptors (Lipinski definition) is 3. The SMILES string of the molecule is COc1ccc(CCC(=O)N[C@@H]2CCC[C@@H]2C(=O)O)cc1F. The van der Waals surface area contributed by atoms with Crippen LogP contribution in [-0.2, 0) is 16.0 Å². The molecule has 1 aliphatic carbocycles. The van der Waals surface area contributed by atoms with Crippen molar-refractivity contribution in [3.8, 4) is 5.75 Å². The highest BCUT2D eigenvalue weighted by atomic mass is 19.1. The number of benzene rings is 1. The van der Waals surface area contributed by atoms with E-state index in [0.29, 0.717) is 24.8 Å². The van der Waals surface area contributed by atoms with E-state index in [1.807, 2.05) is 0 Å². The molecule has 5 nitrogen and oxygen atoms in total. The lowest BCUT2D eigenvalue weighted by atomic mass is 10.0. The second-order valence-corrected chi connectivity index (χ2v) is 5.52. The first-order valence-electron chi connectivity index (χ1n) is 7.36. The zero-order chi connectivity index (χ0) is 16.1. The molecule has 1 amide bonds. The number of rotatable bonds is 6. The van der Waals surface area contributed by atoms with Gasteiger partial charge in [0.25, 0.3) is 0 Å². The molecule has 1 aromatic carbocycles. The van der Waals surface area contributed by atoms with Crippen molar-refractivity contribution in [2.75, 3.05) is 7.11 Å². The van der Waals surface area contributed by atoms with Crippen molar-refractivity contribution in [1.82, 2.24) is 5.32 Å². The summed E-state index contributed by atoms with van der Waals surface area (Å²) in [6.45, 7) is 0. The van der Waals surface area contributed by atoms with E-state index in [9.17, 15) is 14.0 Å². The van der Waals surface area contributed by atoms with Gasteiger partial charge in [-0.05, 0) is 37.0 Å². The Bertz CT molecular complexity index is 561. The van der Waals surface area contributed by atoms with Gasteiger partial charge in [-0.3, -0.25) is 9.59 Å². The minimum atomic E-state index is -0.861. The number of ether oxygens (including phenoxy) is 1. The standard InChI is InChI=1S/C16H20FNO4/c1-22-14-7-5-10(9-12(14)17)6-8-15(19)18-13-4-2-3-11(13)16(20)21/h5,7,9,11,13H,2-4,6,8H2,1H3,(H,18,19)(H,20,21)/t11-,13+/m0/s1. The topological polar surface area (TPSA) is 75.6 Å². The fraction of sp³-hybridized carbons (Fsp3) is 0.500. The van der Waals surface area contributed by atoms with E-state index in [2.05, 4.69) is 5.32 Å². The predicted octanol–water partition coefficient (Wildman–Crippen LogP) is 2.14. The number of nitrogens with one attached hydrogen (secondary N) is 1. The van der Waals surface area contributed by atoms with E-state index < -0.39 is 17.7 Å². The molecule has 0 spiro atoms. The number of carbonyl (C=O) groups excluding carboxylic acids is 1. The van der Waals surface area contributed by atoms with Crippen LogP contribution in [0.2, 0.25) is 0 Å². The number of methoxy groups -OCH3 is 1. The molecule has 0 aromatic heterocycles. The zero-order valence-electron chi connectivity index (χ0n) is 12.5. The lowest BCUT2D eigenvalue weighted by molar-refractivity contribution is -0.142. The molecule has 0 heterocycles. The minimum absolute atomic E-state index is 0.170. The molecule has 1 fully saturated rings. The quantitative estimate of drug-likeness (QED) is 0.844. The summed E-state index contributed by atoms with van der Waals surface area (Å²) in [4.78, 5) is 23.0. The van der Waals surface area contributed by atoms with E-state index in [4.69, 9.17) is 9.84 Å². The number of carboxylic acids is 1. The van der Waals surface area contributed by atoms with Gasteiger partial charge in [0.05, 0.1) is 13.0 Å². The van der Waals surface area contributed by atoms with Crippen LogP contribution < -0.4 is 10.1 Å². The van der Waals surface area contributed by atoms with E-state index in [1.165, 1.54) is 19.2 Å². The van der Waals surface area contributed by atoms with Gasteiger partial charge in [0, 0.05) is 12.5 Å². The fourth-order valence-corrected chi connectivity index (χ4v) is 2.83. The van der Waals surface area contributed by atoms with Crippen molar-refractivity contribution in [1.29, 1.82) is 0 Å². The molecule has 120 valence electrons. The van der Waals surface area contributed by atoms with Crippen molar-refractivity contribution < 1.29 is 23.8 Å². The molecule has 0 aliphatic heterocycles. The van der Waals surface area contributed by atoms with Crippen LogP contribution in [0.4, 0.5) is 4.39 Å². The first kappa shape index (κ1) is 16.3. The predicted molar refractivity (Wildman–Crippen MR) is 78.2 cm³/mol. The number of halogens is 1. The summed E-state index contributed by atoms with van der Waals surface area (Å²) in [7, 11) is 1.39. The molecule has 2 atom stereocenters. The molecule has 0 bridgehead atoms. The van der Waals surface area contributed by atoms with Crippen molar-refractivity contribution in [3.05, 3.63) is 29.6 Å². The first-order valence-corrected chi connectivity index (χ1v) is 7.36. The highest BCUT2D eigenvalue weighted by Gasteiger charge is 2.33. The van der Waals surface area contributed by atoms with Crippen LogP contribution in [0.1, 0.15) is 31.2 Å². The van der Waals surface area contributed by atoms with Gasteiger partial charge in [-0.15, -0.1) is 0 Å². The summed E-state index contributed by atoms with van der Waals surface area (Å²) in [6.07, 6.45) is 2.71. The number of aryl methyl sites for hydroxylation is 1. The third-order valence-electron chi connectivity index (χ3n) is 4.04. The molecular formula is C16H20FNO4. The normalized spacial score (nSPS) is 20.6. The fourth-order valence-electron chi connectivity index (χ4n) is 2.83. The maximum atomic E-state index is 13.6. The van der Waals surface area contributed by atoms with Gasteiger partial charge in [0.1, 0.15) is 0 Å². The molecule has 1 saturated carbocycles. The zero-order valence-corrected chi connectivity index (χ0v) is 12.5. The summed E-state index contributed by atoms with van der Waals surface area (Å²) in [5, 5.41) is 11.9. The first-order chi connectivity index (χ1) is 10.5. The number of aliphatic carboxylic acids is 1. The maximum absolute atomic E-state index is 13.6. The van der Waals surface area contributed by atoms with Crippen LogP contribution in [-0.4, -0.2) is 30.1 Å². The molecule has 1 aromatic rings. The van der Waals surface area contributed by atoms with Gasteiger partial charge in [0.15, 0.2) is 11.6 Å². The molecule has 6 heteroatoms. The van der Waals surface area contributed by atoms with Gasteiger partial charge >= 0.3 is 5.97 Å². The molecule has 2 rings (SSSR count). The number of carboxylic acid groups (broad SMARTS) is 1. The minimum Gasteiger partial charge on any atom is -0.494 e. The van der Waals surface area contributed by atoms with Crippen molar-refractivity contribution >= 4 is 11.9 Å². The monoisotopic (exact) mass is 309 g/mol. The second kappa shape index (κ2) is 7.24. The van der Waals surface area contributed by atoms with Crippen LogP contribution in [0.25, 0.3) is 0 Å². The Kier molecular flexibility index (Phi) is 5.35. The summed E-state index contributed by atoms with van der Waals surface area (Å²) in [5.41, 5.74) is 0.703. The van der Waals surface area contributed by atoms with E-state index >= 15 is 0 Å². The van der Waals surface area contributed by atoms with Crippen molar-refractivity contribution in [2.24, 2.45) is 5.92 Å². The van der Waals surface area contributed by atoms with Crippen LogP contribution in [0.3, 0.4) is 0 Å². The summed E-state index contributed by atoms with van der Waals surface area (Å²) in [6, 6.07) is 4.30. The van der Waals surface area contributed by atoms with Crippen molar-refractivity contribution in [2.45, 2.75) is 38.1 Å². The summed E-state index contributed by atoms with van der Waals surface area (Å²) < 4.78 is 18.4. The number of amides is 1. The second-order valence-electron chi connectivity index (χ2n) is 5.52. The molecule has 0 saturated heterocycles. The Morgan fingerprint density at radius 1 is 1.41 bits per heavy atom. The van der Waals surface area contributed by atoms with Gasteiger partial charge in [-0.2, -0.15) is 0 Å². The average molecular weight is 309 g/mol. The third-order valence-corrected chi connectivity index (χ3v) is 4.04. The lowest BCUT2D eigenvalue weighted by Gasteiger charge is -2.17. The maximum Gasteiger partial charge on any atom is 0.308 e. The Balaban J connectivity index is 1.85. The van der Waals surface area contributed by atoms with E-state index in [-0.39, 0.29) is 24.1 Å².